The molecule has 1 N–H and O–H groups in total. The van der Waals surface area contributed by atoms with Gasteiger partial charge in [0.1, 0.15) is 12.1 Å². The van der Waals surface area contributed by atoms with Crippen LogP contribution in [0.1, 0.15) is 9.75 Å². The molecule has 0 aromatic carbocycles. The fraction of sp³-hybridized carbons (Fsp3) is 0.143. The second-order valence-electron chi connectivity index (χ2n) is 4.24. The summed E-state index contributed by atoms with van der Waals surface area (Å²) in [4.78, 5) is 11.1. The summed E-state index contributed by atoms with van der Waals surface area (Å²) in [5, 5.41) is 3.37. The summed E-state index contributed by atoms with van der Waals surface area (Å²) in [6, 6.07) is 8.30. The second kappa shape index (κ2) is 5.24. The van der Waals surface area contributed by atoms with Gasteiger partial charge in [-0.1, -0.05) is 0 Å². The summed E-state index contributed by atoms with van der Waals surface area (Å²) in [5.41, 5.74) is 1.02. The van der Waals surface area contributed by atoms with E-state index >= 15 is 0 Å². The maximum atomic E-state index is 4.40. The maximum absolute atomic E-state index is 4.40. The summed E-state index contributed by atoms with van der Waals surface area (Å²) in [7, 11) is 0. The van der Waals surface area contributed by atoms with Crippen LogP contribution >= 0.6 is 11.3 Å². The number of hydrogen-bond acceptors (Lipinski definition) is 4. The number of thiophene rings is 1. The zero-order valence-corrected chi connectivity index (χ0v) is 11.4. The Labute approximate surface area is 115 Å². The van der Waals surface area contributed by atoms with E-state index in [2.05, 4.69) is 34.3 Å². The first-order valence-electron chi connectivity index (χ1n) is 6.05. The third kappa shape index (κ3) is 2.82. The third-order valence-electron chi connectivity index (χ3n) is 2.78. The SMILES string of the molecule is Cc1ccc(CNc2ccc(-n3ccnc3)nc2)s1. The summed E-state index contributed by atoms with van der Waals surface area (Å²) in [6.45, 7) is 2.96. The van der Waals surface area contributed by atoms with Crippen molar-refractivity contribution in [2.24, 2.45) is 0 Å². The average Bonchev–Trinajstić information content (AvgIpc) is 3.08. The van der Waals surface area contributed by atoms with E-state index in [0.29, 0.717) is 0 Å². The van der Waals surface area contributed by atoms with Gasteiger partial charge in [0, 0.05) is 28.7 Å². The molecule has 5 heteroatoms. The maximum Gasteiger partial charge on any atom is 0.137 e. The third-order valence-corrected chi connectivity index (χ3v) is 3.78. The van der Waals surface area contributed by atoms with Gasteiger partial charge in [-0.15, -0.1) is 11.3 Å². The molecule has 0 saturated heterocycles. The van der Waals surface area contributed by atoms with Crippen LogP contribution < -0.4 is 5.32 Å². The Bertz CT molecular complexity index is 640. The van der Waals surface area contributed by atoms with Gasteiger partial charge in [0.25, 0.3) is 0 Å². The first-order valence-corrected chi connectivity index (χ1v) is 6.86. The van der Waals surface area contributed by atoms with Crippen molar-refractivity contribution in [3.05, 3.63) is 58.9 Å². The Morgan fingerprint density at radius 2 is 2.21 bits per heavy atom. The van der Waals surface area contributed by atoms with Crippen LogP contribution in [0.25, 0.3) is 5.82 Å². The fourth-order valence-corrected chi connectivity index (χ4v) is 2.64. The smallest absolute Gasteiger partial charge is 0.137 e. The predicted octanol–water partition coefficient (Wildman–Crippen LogP) is 3.25. The topological polar surface area (TPSA) is 42.7 Å². The molecular weight excluding hydrogens is 256 g/mol. The zero-order valence-electron chi connectivity index (χ0n) is 10.6. The highest BCUT2D eigenvalue weighted by atomic mass is 32.1. The van der Waals surface area contributed by atoms with Crippen molar-refractivity contribution in [3.8, 4) is 5.82 Å². The van der Waals surface area contributed by atoms with Crippen LogP contribution in [-0.4, -0.2) is 14.5 Å². The van der Waals surface area contributed by atoms with E-state index in [1.54, 1.807) is 12.5 Å². The Kier molecular flexibility index (Phi) is 3.29. The van der Waals surface area contributed by atoms with Crippen LogP contribution in [0.15, 0.2) is 49.2 Å². The van der Waals surface area contributed by atoms with Gasteiger partial charge < -0.3 is 5.32 Å². The van der Waals surface area contributed by atoms with E-state index in [9.17, 15) is 0 Å². The largest absolute Gasteiger partial charge is 0.379 e. The molecule has 0 unspecified atom stereocenters. The normalized spacial score (nSPS) is 10.6. The van der Waals surface area contributed by atoms with Gasteiger partial charge in [-0.3, -0.25) is 4.57 Å². The van der Waals surface area contributed by atoms with Gasteiger partial charge in [0.15, 0.2) is 0 Å². The molecule has 3 aromatic rings. The molecule has 19 heavy (non-hydrogen) atoms. The highest BCUT2D eigenvalue weighted by Gasteiger charge is 1.99. The lowest BCUT2D eigenvalue weighted by molar-refractivity contribution is 0.991. The standard InChI is InChI=1S/C14H14N4S/c1-11-2-4-13(19-11)9-16-12-3-5-14(17-8-12)18-7-6-15-10-18/h2-8,10,16H,9H2,1H3. The highest BCUT2D eigenvalue weighted by Crippen LogP contribution is 2.17. The van der Waals surface area contributed by atoms with Crippen molar-refractivity contribution < 1.29 is 0 Å². The molecule has 0 fully saturated rings. The Balaban J connectivity index is 1.66. The summed E-state index contributed by atoms with van der Waals surface area (Å²) in [5.74, 6) is 0.870. The van der Waals surface area contributed by atoms with Crippen molar-refractivity contribution in [2.75, 3.05) is 5.32 Å². The van der Waals surface area contributed by atoms with Crippen LogP contribution in [0.5, 0.6) is 0 Å². The fourth-order valence-electron chi connectivity index (χ4n) is 1.81. The van der Waals surface area contributed by atoms with Crippen LogP contribution in [0.3, 0.4) is 0 Å². The van der Waals surface area contributed by atoms with Crippen molar-refractivity contribution in [2.45, 2.75) is 13.5 Å². The number of aromatic nitrogens is 3. The van der Waals surface area contributed by atoms with Gasteiger partial charge in [0.2, 0.25) is 0 Å². The quantitative estimate of drug-likeness (QED) is 0.791. The molecule has 0 aliphatic heterocycles. The number of hydrogen-bond donors (Lipinski definition) is 1. The predicted molar refractivity (Wildman–Crippen MR) is 77.7 cm³/mol. The number of imidazole rings is 1. The van der Waals surface area contributed by atoms with Crippen molar-refractivity contribution in [3.63, 3.8) is 0 Å². The number of nitrogens with zero attached hydrogens (tertiary/aromatic N) is 3. The van der Waals surface area contributed by atoms with Crippen molar-refractivity contribution in [1.82, 2.24) is 14.5 Å². The molecule has 0 atom stereocenters. The Morgan fingerprint density at radius 3 is 2.84 bits per heavy atom. The van der Waals surface area contributed by atoms with Crippen molar-refractivity contribution in [1.29, 1.82) is 0 Å². The molecule has 0 radical (unpaired) electrons. The van der Waals surface area contributed by atoms with E-state index in [1.165, 1.54) is 9.75 Å². The monoisotopic (exact) mass is 270 g/mol. The average molecular weight is 270 g/mol. The van der Waals surface area contributed by atoms with Crippen LogP contribution in [-0.2, 0) is 6.54 Å². The van der Waals surface area contributed by atoms with E-state index in [1.807, 2.05) is 40.4 Å². The van der Waals surface area contributed by atoms with Gasteiger partial charge in [-0.2, -0.15) is 0 Å². The molecule has 3 rings (SSSR count). The Morgan fingerprint density at radius 1 is 1.26 bits per heavy atom. The molecule has 96 valence electrons. The van der Waals surface area contributed by atoms with Crippen LogP contribution in [0, 0.1) is 6.92 Å². The molecule has 0 spiro atoms. The summed E-state index contributed by atoms with van der Waals surface area (Å²) in [6.07, 6.45) is 7.20. The number of nitrogens with one attached hydrogen (secondary N) is 1. The Hall–Kier alpha value is -2.14. The molecule has 0 bridgehead atoms. The van der Waals surface area contributed by atoms with Crippen molar-refractivity contribution >= 4 is 17.0 Å². The molecule has 3 aromatic heterocycles. The molecular formula is C14H14N4S. The van der Waals surface area contributed by atoms with Gasteiger partial charge in [-0.25, -0.2) is 9.97 Å². The first kappa shape index (κ1) is 11.9. The zero-order chi connectivity index (χ0) is 13.1. The lowest BCUT2D eigenvalue weighted by Crippen LogP contribution is -1.99. The minimum Gasteiger partial charge on any atom is -0.379 e. The van der Waals surface area contributed by atoms with E-state index in [0.717, 1.165) is 18.1 Å². The van der Waals surface area contributed by atoms with E-state index in [-0.39, 0.29) is 0 Å². The van der Waals surface area contributed by atoms with Gasteiger partial charge >= 0.3 is 0 Å². The number of aryl methyl sites for hydroxylation is 1. The molecule has 3 heterocycles. The molecule has 4 nitrogen and oxygen atoms in total. The number of pyridine rings is 1. The lowest BCUT2D eigenvalue weighted by atomic mass is 10.3. The van der Waals surface area contributed by atoms with E-state index in [4.69, 9.17) is 0 Å². The lowest BCUT2D eigenvalue weighted by Gasteiger charge is -2.06. The molecule has 0 aliphatic rings. The number of anilines is 1. The number of rotatable bonds is 4. The minimum absolute atomic E-state index is 0.838. The molecule has 0 aliphatic carbocycles. The summed E-state index contributed by atoms with van der Waals surface area (Å²) >= 11 is 1.81. The molecule has 0 amide bonds. The highest BCUT2D eigenvalue weighted by molar-refractivity contribution is 7.11. The van der Waals surface area contributed by atoms with Gasteiger partial charge in [0.05, 0.1) is 11.9 Å². The second-order valence-corrected chi connectivity index (χ2v) is 5.61. The minimum atomic E-state index is 0.838. The van der Waals surface area contributed by atoms with Crippen LogP contribution in [0.2, 0.25) is 0 Å². The van der Waals surface area contributed by atoms with Gasteiger partial charge in [-0.05, 0) is 31.2 Å². The molecule has 0 saturated carbocycles. The summed E-state index contributed by atoms with van der Waals surface area (Å²) < 4.78 is 1.88. The van der Waals surface area contributed by atoms with Crippen LogP contribution in [0.4, 0.5) is 5.69 Å². The first-order chi connectivity index (χ1) is 9.31. The van der Waals surface area contributed by atoms with E-state index < -0.39 is 0 Å².